The number of aromatic nitrogens is 4. The van der Waals surface area contributed by atoms with Crippen molar-refractivity contribution in [1.82, 2.24) is 24.8 Å². The molecule has 0 unspecified atom stereocenters. The third-order valence-corrected chi connectivity index (χ3v) is 9.95. The monoisotopic (exact) mass is 652 g/mol. The molecule has 6 aromatic rings. The number of nitrogens with zero attached hydrogens (tertiary/aromatic N) is 4. The van der Waals surface area contributed by atoms with E-state index in [4.69, 9.17) is 14.1 Å². The van der Waals surface area contributed by atoms with Crippen LogP contribution in [0, 0.1) is 12.7 Å². The number of H-pyrrole nitrogens is 1. The van der Waals surface area contributed by atoms with Gasteiger partial charge in [0.15, 0.2) is 0 Å². The van der Waals surface area contributed by atoms with E-state index in [0.29, 0.717) is 53.4 Å². The average molecular weight is 653 g/mol. The van der Waals surface area contributed by atoms with Crippen molar-refractivity contribution in [2.45, 2.75) is 57.8 Å². The van der Waals surface area contributed by atoms with Gasteiger partial charge in [-0.3, -0.25) is 4.90 Å². The number of nitrogens with one attached hydrogen (secondary N) is 2. The fraction of sp³-hybridized carbons (Fsp3) is 0.333. The molecule has 8 rings (SSSR count). The number of anilines is 1. The van der Waals surface area contributed by atoms with Crippen LogP contribution in [-0.4, -0.2) is 61.3 Å². The molecule has 2 fully saturated rings. The summed E-state index contributed by atoms with van der Waals surface area (Å²) in [6.07, 6.45) is 5.17. The summed E-state index contributed by atoms with van der Waals surface area (Å²) in [7, 11) is 0. The highest BCUT2D eigenvalue weighted by molar-refractivity contribution is 6.02. The number of ether oxygens (including phenoxy) is 1. The second kappa shape index (κ2) is 11.6. The van der Waals surface area contributed by atoms with Crippen molar-refractivity contribution in [1.29, 1.82) is 0 Å². The summed E-state index contributed by atoms with van der Waals surface area (Å²) in [5.41, 5.74) is 2.09. The Hall–Kier alpha value is -5.10. The molecule has 3 N–H and O–H groups in total. The average Bonchev–Trinajstić information content (AvgIpc) is 3.76. The second-order valence-electron chi connectivity index (χ2n) is 12.8. The van der Waals surface area contributed by atoms with Gasteiger partial charge in [0.2, 0.25) is 0 Å². The maximum Gasteiger partial charge on any atom is 0.349 e. The first kappa shape index (κ1) is 30.2. The first-order valence-electron chi connectivity index (χ1n) is 16.2. The number of rotatable bonds is 8. The number of hydrogen-bond acceptors (Lipinski definition) is 9. The highest BCUT2D eigenvalue weighted by Gasteiger charge is 2.49. The maximum atomic E-state index is 15.0. The van der Waals surface area contributed by atoms with Crippen LogP contribution >= 0.6 is 0 Å². The van der Waals surface area contributed by atoms with Crippen LogP contribution in [0.3, 0.4) is 0 Å². The summed E-state index contributed by atoms with van der Waals surface area (Å²) in [6, 6.07) is 9.83. The van der Waals surface area contributed by atoms with E-state index in [1.54, 1.807) is 25.3 Å². The van der Waals surface area contributed by atoms with E-state index in [9.17, 15) is 14.3 Å². The van der Waals surface area contributed by atoms with Crippen LogP contribution in [0.2, 0.25) is 0 Å². The lowest BCUT2D eigenvalue weighted by Crippen LogP contribution is -2.43. The van der Waals surface area contributed by atoms with Crippen molar-refractivity contribution in [3.63, 3.8) is 0 Å². The summed E-state index contributed by atoms with van der Waals surface area (Å²) >= 11 is 0. The largest absolute Gasteiger partial charge is 0.508 e. The van der Waals surface area contributed by atoms with Gasteiger partial charge in [0.25, 0.3) is 0 Å². The fourth-order valence-corrected chi connectivity index (χ4v) is 7.69. The lowest BCUT2D eigenvalue weighted by atomic mass is 9.94. The van der Waals surface area contributed by atoms with Crippen molar-refractivity contribution in [3.8, 4) is 23.1 Å². The molecule has 0 spiro atoms. The lowest BCUT2D eigenvalue weighted by Gasteiger charge is -2.30. The number of benzene rings is 2. The number of phenolic OH excluding ortho intramolecular Hbond substituents is 1. The normalized spacial score (nSPS) is 19.5. The molecule has 0 amide bonds. The van der Waals surface area contributed by atoms with E-state index < -0.39 is 23.2 Å². The quantitative estimate of drug-likeness (QED) is 0.167. The lowest BCUT2D eigenvalue weighted by molar-refractivity contribution is 0.107. The smallest absolute Gasteiger partial charge is 0.349 e. The van der Waals surface area contributed by atoms with Gasteiger partial charge in [-0.05, 0) is 85.0 Å². The highest BCUT2D eigenvalue weighted by Crippen LogP contribution is 2.42. The third-order valence-electron chi connectivity index (χ3n) is 9.95. The summed E-state index contributed by atoms with van der Waals surface area (Å²) < 4.78 is 41.8. The molecule has 2 aliphatic rings. The Morgan fingerprint density at radius 3 is 2.96 bits per heavy atom. The summed E-state index contributed by atoms with van der Waals surface area (Å²) in [5.74, 6) is -0.0759. The van der Waals surface area contributed by atoms with Crippen LogP contribution in [0.15, 0.2) is 58.0 Å². The van der Waals surface area contributed by atoms with Crippen LogP contribution in [0.5, 0.6) is 11.8 Å². The number of halogens is 2. The zero-order valence-corrected chi connectivity index (χ0v) is 26.6. The molecule has 0 aliphatic carbocycles. The Morgan fingerprint density at radius 2 is 2.10 bits per heavy atom. The van der Waals surface area contributed by atoms with Crippen molar-refractivity contribution < 1.29 is 23.0 Å². The number of hydrogen-bond donors (Lipinski definition) is 3. The molecule has 6 heterocycles. The Kier molecular flexibility index (Phi) is 7.28. The van der Waals surface area contributed by atoms with E-state index in [2.05, 4.69) is 25.2 Å². The SMILES string of the molecule is CCc1c(F)ccc2cc(O)cc(-c3oc(=O)c4c(NCc5c[nH]c6ncccc56)nc(OC[C@@]56CCCN5C[C@H](F)C6)nc4c3C)c12. The molecule has 2 aliphatic heterocycles. The molecule has 0 bridgehead atoms. The molecule has 0 saturated carbocycles. The van der Waals surface area contributed by atoms with E-state index in [1.165, 1.54) is 12.1 Å². The number of fused-ring (bicyclic) bond motifs is 4. The van der Waals surface area contributed by atoms with Gasteiger partial charge in [0.1, 0.15) is 47.0 Å². The van der Waals surface area contributed by atoms with Crippen LogP contribution in [0.1, 0.15) is 42.9 Å². The Labute approximate surface area is 273 Å². The molecule has 4 aromatic heterocycles. The van der Waals surface area contributed by atoms with Crippen molar-refractivity contribution in [3.05, 3.63) is 81.7 Å². The molecule has 2 atom stereocenters. The minimum atomic E-state index is -0.918. The predicted molar refractivity (Wildman–Crippen MR) is 179 cm³/mol. The van der Waals surface area contributed by atoms with Crippen LogP contribution in [0.25, 0.3) is 44.0 Å². The molecule has 12 heteroatoms. The van der Waals surface area contributed by atoms with Crippen LogP contribution < -0.4 is 15.7 Å². The minimum absolute atomic E-state index is 0.0369. The summed E-state index contributed by atoms with van der Waals surface area (Å²) in [5, 5.41) is 16.1. The zero-order valence-electron chi connectivity index (χ0n) is 26.6. The van der Waals surface area contributed by atoms with Gasteiger partial charge in [-0.2, -0.15) is 9.97 Å². The predicted octanol–water partition coefficient (Wildman–Crippen LogP) is 6.56. The van der Waals surface area contributed by atoms with Crippen LogP contribution in [-0.2, 0) is 13.0 Å². The van der Waals surface area contributed by atoms with E-state index in [0.717, 1.165) is 36.0 Å². The van der Waals surface area contributed by atoms with Gasteiger partial charge in [-0.25, -0.2) is 18.6 Å². The van der Waals surface area contributed by atoms with Gasteiger partial charge in [0.05, 0.1) is 11.1 Å². The van der Waals surface area contributed by atoms with Crippen molar-refractivity contribution in [2.75, 3.05) is 25.0 Å². The van der Waals surface area contributed by atoms with Gasteiger partial charge in [-0.15, -0.1) is 0 Å². The number of aromatic amines is 1. The Bertz CT molecular complexity index is 2290. The molecule has 48 heavy (non-hydrogen) atoms. The molecular formula is C36H34F2N6O4. The van der Waals surface area contributed by atoms with Crippen LogP contribution in [0.4, 0.5) is 14.6 Å². The maximum absolute atomic E-state index is 15.0. The minimum Gasteiger partial charge on any atom is -0.508 e. The number of aryl methyl sites for hydroxylation is 2. The van der Waals surface area contributed by atoms with Gasteiger partial charge in [0, 0.05) is 48.4 Å². The van der Waals surface area contributed by atoms with E-state index >= 15 is 4.39 Å². The van der Waals surface area contributed by atoms with Crippen molar-refractivity contribution in [2.24, 2.45) is 0 Å². The first-order valence-corrected chi connectivity index (χ1v) is 16.2. The summed E-state index contributed by atoms with van der Waals surface area (Å²) in [6.45, 7) is 5.31. The fourth-order valence-electron chi connectivity index (χ4n) is 7.69. The Balaban J connectivity index is 1.27. The molecule has 2 saturated heterocycles. The van der Waals surface area contributed by atoms with Gasteiger partial charge in [-0.1, -0.05) is 13.0 Å². The number of phenols is 1. The second-order valence-corrected chi connectivity index (χ2v) is 12.8. The van der Waals surface area contributed by atoms with Gasteiger partial charge < -0.3 is 24.6 Å². The molecular weight excluding hydrogens is 618 g/mol. The van der Waals surface area contributed by atoms with E-state index in [1.807, 2.05) is 25.3 Å². The Morgan fingerprint density at radius 1 is 1.23 bits per heavy atom. The molecule has 0 radical (unpaired) electrons. The highest BCUT2D eigenvalue weighted by atomic mass is 19.1. The molecule has 246 valence electrons. The molecule has 10 nitrogen and oxygen atoms in total. The number of pyridine rings is 1. The van der Waals surface area contributed by atoms with Gasteiger partial charge >= 0.3 is 11.6 Å². The topological polar surface area (TPSA) is 129 Å². The first-order chi connectivity index (χ1) is 23.2. The number of aromatic hydroxyl groups is 1. The third kappa shape index (κ3) is 4.93. The standard InChI is InChI=1S/C36H34F2N6O4/c1-3-24-27(38)8-7-20-12-23(45)13-26(28(20)24)31-19(2)30-29(34(46)48-31)33(41-16-21-15-40-32-25(21)6-4-10-39-32)43-35(42-30)47-18-36-9-5-11-44(36)17-22(37)14-36/h4,6-8,10,12-13,15,22,45H,3,5,9,11,14,16-18H2,1-2H3,(H,39,40)(H,41,42,43)/t22-,36+/m1/s1. The molecule has 2 aromatic carbocycles. The van der Waals surface area contributed by atoms with Crippen molar-refractivity contribution >= 4 is 38.5 Å². The summed E-state index contributed by atoms with van der Waals surface area (Å²) in [4.78, 5) is 32.9. The van der Waals surface area contributed by atoms with E-state index in [-0.39, 0.29) is 40.8 Å². The number of alkyl halides is 1. The zero-order chi connectivity index (χ0) is 33.2.